The molecule has 2 aromatic heterocycles. The smallest absolute Gasteiger partial charge is 0.337 e. The van der Waals surface area contributed by atoms with Gasteiger partial charge >= 0.3 is 5.97 Å². The maximum absolute atomic E-state index is 13.8. The van der Waals surface area contributed by atoms with Crippen molar-refractivity contribution < 1.29 is 24.3 Å². The summed E-state index contributed by atoms with van der Waals surface area (Å²) in [7, 11) is 0. The quantitative estimate of drug-likeness (QED) is 0.309. The van der Waals surface area contributed by atoms with E-state index in [4.69, 9.17) is 11.6 Å². The van der Waals surface area contributed by atoms with Gasteiger partial charge in [-0.05, 0) is 60.2 Å². The molecule has 0 spiro atoms. The van der Waals surface area contributed by atoms with Gasteiger partial charge in [0.25, 0.3) is 11.8 Å². The van der Waals surface area contributed by atoms with Gasteiger partial charge in [-0.2, -0.15) is 0 Å². The lowest BCUT2D eigenvalue weighted by Crippen LogP contribution is -2.46. The fourth-order valence-electron chi connectivity index (χ4n) is 4.44. The number of aromatic nitrogens is 2. The number of fused-ring (bicyclic) bond motifs is 1. The maximum Gasteiger partial charge on any atom is 0.337 e. The lowest BCUT2D eigenvalue weighted by molar-refractivity contribution is -0.120. The Hall–Kier alpha value is -5.09. The van der Waals surface area contributed by atoms with Crippen LogP contribution in [0.25, 0.3) is 0 Å². The van der Waals surface area contributed by atoms with E-state index in [2.05, 4.69) is 20.6 Å². The molecule has 0 saturated carbocycles. The van der Waals surface area contributed by atoms with Gasteiger partial charge in [-0.3, -0.25) is 24.4 Å². The zero-order valence-corrected chi connectivity index (χ0v) is 21.6. The summed E-state index contributed by atoms with van der Waals surface area (Å²) in [6.45, 7) is -0.0517. The van der Waals surface area contributed by atoms with Crippen LogP contribution in [-0.4, -0.2) is 49.7 Å². The highest BCUT2D eigenvalue weighted by atomic mass is 35.5. The Morgan fingerprint density at radius 1 is 1.00 bits per heavy atom. The van der Waals surface area contributed by atoms with Crippen molar-refractivity contribution in [3.8, 4) is 0 Å². The number of carboxylic acids is 1. The summed E-state index contributed by atoms with van der Waals surface area (Å²) in [5, 5.41) is 15.5. The number of rotatable bonds is 7. The summed E-state index contributed by atoms with van der Waals surface area (Å²) in [6.07, 6.45) is 4.64. The van der Waals surface area contributed by atoms with Gasteiger partial charge in [0.15, 0.2) is 0 Å². The number of carbonyl (C=O) groups excluding carboxylic acids is 3. The number of hydrogen-bond donors (Lipinski definition) is 3. The average molecular weight is 556 g/mol. The fourth-order valence-corrected chi connectivity index (χ4v) is 4.61. The van der Waals surface area contributed by atoms with E-state index in [0.29, 0.717) is 27.5 Å². The number of anilines is 2. The fraction of sp³-hybridized carbons (Fsp3) is 0.103. The van der Waals surface area contributed by atoms with E-state index < -0.39 is 29.7 Å². The van der Waals surface area contributed by atoms with Gasteiger partial charge in [0.2, 0.25) is 5.91 Å². The van der Waals surface area contributed by atoms with Gasteiger partial charge < -0.3 is 20.6 Å². The molecule has 4 aromatic rings. The first-order valence-electron chi connectivity index (χ1n) is 12.2. The van der Waals surface area contributed by atoms with Crippen LogP contribution >= 0.6 is 11.6 Å². The first kappa shape index (κ1) is 26.5. The lowest BCUT2D eigenvalue weighted by Gasteiger charge is -2.29. The van der Waals surface area contributed by atoms with Crippen molar-refractivity contribution in [2.45, 2.75) is 19.0 Å². The van der Waals surface area contributed by atoms with Crippen LogP contribution in [0.15, 0.2) is 85.3 Å². The molecule has 10 nitrogen and oxygen atoms in total. The standard InChI is InChI=1S/C29H22ClN5O5/c30-19-5-7-21-24(14-19)34-27(37)25(15-20-3-1-2-10-32-20)35(28(21)38)16-17-4-6-22(29(39)40)23(13-17)33-26(36)18-8-11-31-12-9-18/h1-14,25H,15-16H2,(H,33,36)(H,34,37)(H,39,40). The molecule has 3 N–H and O–H groups in total. The molecule has 1 unspecified atom stereocenters. The van der Waals surface area contributed by atoms with E-state index in [1.807, 2.05) is 0 Å². The zero-order valence-electron chi connectivity index (χ0n) is 20.9. The average Bonchev–Trinajstić information content (AvgIpc) is 3.04. The lowest BCUT2D eigenvalue weighted by atomic mass is 10.0. The topological polar surface area (TPSA) is 142 Å². The van der Waals surface area contributed by atoms with E-state index in [0.717, 1.165) is 0 Å². The molecule has 1 aliphatic heterocycles. The summed E-state index contributed by atoms with van der Waals surface area (Å²) < 4.78 is 0. The molecule has 200 valence electrons. The Labute approximate surface area is 233 Å². The third kappa shape index (κ3) is 5.67. The van der Waals surface area contributed by atoms with E-state index in [-0.39, 0.29) is 29.8 Å². The Kier molecular flexibility index (Phi) is 7.52. The van der Waals surface area contributed by atoms with E-state index in [9.17, 15) is 24.3 Å². The Balaban J connectivity index is 1.52. The zero-order chi connectivity index (χ0) is 28.2. The van der Waals surface area contributed by atoms with E-state index in [1.54, 1.807) is 42.6 Å². The predicted octanol–water partition coefficient (Wildman–Crippen LogP) is 4.29. The van der Waals surface area contributed by atoms with Gasteiger partial charge in [0.05, 0.1) is 22.5 Å². The van der Waals surface area contributed by atoms with Crippen molar-refractivity contribution in [3.63, 3.8) is 0 Å². The molecule has 5 rings (SSSR count). The second kappa shape index (κ2) is 11.3. The Morgan fingerprint density at radius 3 is 2.52 bits per heavy atom. The molecule has 3 amide bonds. The molecule has 11 heteroatoms. The Bertz CT molecular complexity index is 1610. The molecule has 1 atom stereocenters. The van der Waals surface area contributed by atoms with Gasteiger partial charge in [-0.15, -0.1) is 0 Å². The first-order valence-corrected chi connectivity index (χ1v) is 12.6. The van der Waals surface area contributed by atoms with Gasteiger partial charge in [0, 0.05) is 47.8 Å². The molecule has 2 aromatic carbocycles. The number of halogens is 1. The number of amides is 3. The molecule has 1 aliphatic rings. The van der Waals surface area contributed by atoms with E-state index in [1.165, 1.54) is 47.6 Å². The van der Waals surface area contributed by atoms with Gasteiger partial charge in [-0.1, -0.05) is 23.7 Å². The van der Waals surface area contributed by atoms with Crippen molar-refractivity contribution in [2.75, 3.05) is 10.6 Å². The van der Waals surface area contributed by atoms with Gasteiger partial charge in [-0.25, -0.2) is 4.79 Å². The first-order chi connectivity index (χ1) is 19.3. The van der Waals surface area contributed by atoms with Crippen LogP contribution in [0.2, 0.25) is 5.02 Å². The largest absolute Gasteiger partial charge is 0.478 e. The second-order valence-electron chi connectivity index (χ2n) is 9.03. The number of carboxylic acid groups (broad SMARTS) is 1. The minimum absolute atomic E-state index is 0.0481. The van der Waals surface area contributed by atoms with Crippen LogP contribution in [0.1, 0.15) is 42.3 Å². The molecular weight excluding hydrogens is 534 g/mol. The third-order valence-electron chi connectivity index (χ3n) is 6.40. The number of pyridine rings is 2. The minimum Gasteiger partial charge on any atom is -0.478 e. The molecule has 0 saturated heterocycles. The number of aromatic carboxylic acids is 1. The number of carbonyl (C=O) groups is 4. The highest BCUT2D eigenvalue weighted by molar-refractivity contribution is 6.31. The van der Waals surface area contributed by atoms with Crippen LogP contribution in [0.5, 0.6) is 0 Å². The van der Waals surface area contributed by atoms with Crippen LogP contribution in [0.3, 0.4) is 0 Å². The molecule has 0 radical (unpaired) electrons. The van der Waals surface area contributed by atoms with Crippen molar-refractivity contribution >= 4 is 46.7 Å². The molecule has 40 heavy (non-hydrogen) atoms. The summed E-state index contributed by atoms with van der Waals surface area (Å²) in [4.78, 5) is 61.6. The predicted molar refractivity (Wildman–Crippen MR) is 147 cm³/mol. The molecular formula is C29H22ClN5O5. The normalized spacial score (nSPS) is 14.6. The van der Waals surface area contributed by atoms with Crippen molar-refractivity contribution in [1.29, 1.82) is 0 Å². The number of benzene rings is 2. The van der Waals surface area contributed by atoms with Crippen LogP contribution < -0.4 is 10.6 Å². The Morgan fingerprint density at radius 2 is 1.80 bits per heavy atom. The number of nitrogens with one attached hydrogen (secondary N) is 2. The van der Waals surface area contributed by atoms with Crippen molar-refractivity contribution in [2.24, 2.45) is 0 Å². The van der Waals surface area contributed by atoms with Crippen LogP contribution in [-0.2, 0) is 17.8 Å². The van der Waals surface area contributed by atoms with Crippen molar-refractivity contribution in [1.82, 2.24) is 14.9 Å². The summed E-state index contributed by atoms with van der Waals surface area (Å²) in [5.41, 5.74) is 1.87. The van der Waals surface area contributed by atoms with Crippen LogP contribution in [0.4, 0.5) is 11.4 Å². The number of nitrogens with zero attached hydrogens (tertiary/aromatic N) is 3. The molecule has 0 bridgehead atoms. The number of hydrogen-bond acceptors (Lipinski definition) is 6. The monoisotopic (exact) mass is 555 g/mol. The maximum atomic E-state index is 13.8. The second-order valence-corrected chi connectivity index (χ2v) is 9.46. The third-order valence-corrected chi connectivity index (χ3v) is 6.63. The van der Waals surface area contributed by atoms with Crippen LogP contribution in [0, 0.1) is 0 Å². The summed E-state index contributed by atoms with van der Waals surface area (Å²) in [5.74, 6) is -2.60. The summed E-state index contributed by atoms with van der Waals surface area (Å²) in [6, 6.07) is 16.4. The van der Waals surface area contributed by atoms with Crippen molar-refractivity contribution in [3.05, 3.63) is 118 Å². The highest BCUT2D eigenvalue weighted by Gasteiger charge is 2.36. The molecule has 0 aliphatic carbocycles. The minimum atomic E-state index is -1.24. The van der Waals surface area contributed by atoms with Gasteiger partial charge in [0.1, 0.15) is 6.04 Å². The highest BCUT2D eigenvalue weighted by Crippen LogP contribution is 2.29. The molecule has 0 fully saturated rings. The molecule has 3 heterocycles. The SMILES string of the molecule is O=C(Nc1cc(CN2C(=O)c3ccc(Cl)cc3NC(=O)C2Cc2ccccn2)ccc1C(=O)O)c1ccncc1. The summed E-state index contributed by atoms with van der Waals surface area (Å²) >= 11 is 6.13. The van der Waals surface area contributed by atoms with E-state index >= 15 is 0 Å².